The maximum atomic E-state index is 12.9. The number of amides is 1. The zero-order valence-corrected chi connectivity index (χ0v) is 15.6. The zero-order valence-electron chi connectivity index (χ0n) is 14.8. The summed E-state index contributed by atoms with van der Waals surface area (Å²) in [6.45, 7) is 1.32. The van der Waals surface area contributed by atoms with Crippen molar-refractivity contribution >= 4 is 23.4 Å². The Morgan fingerprint density at radius 3 is 2.74 bits per heavy atom. The molecule has 2 heterocycles. The van der Waals surface area contributed by atoms with Gasteiger partial charge in [0.2, 0.25) is 5.91 Å². The van der Waals surface area contributed by atoms with Crippen LogP contribution in [0.2, 0.25) is 0 Å². The number of nitrogens with zero attached hydrogens (tertiary/aromatic N) is 3. The number of nitrogen functional groups attached to an aromatic ring is 1. The number of carbonyl (C=O) groups is 1. The third-order valence-corrected chi connectivity index (χ3v) is 5.79. The van der Waals surface area contributed by atoms with Crippen molar-refractivity contribution in [3.63, 3.8) is 0 Å². The average Bonchev–Trinajstić information content (AvgIpc) is 2.73. The second-order valence-corrected chi connectivity index (χ2v) is 7.47. The Hall–Kier alpha value is -2.86. The predicted molar refractivity (Wildman–Crippen MR) is 107 cm³/mol. The van der Waals surface area contributed by atoms with Gasteiger partial charge in [-0.3, -0.25) is 4.79 Å². The van der Waals surface area contributed by atoms with E-state index in [1.54, 1.807) is 6.20 Å². The Labute approximate surface area is 162 Å². The summed E-state index contributed by atoms with van der Waals surface area (Å²) >= 11 is 1.36. The normalized spacial score (nSPS) is 16.0. The van der Waals surface area contributed by atoms with Gasteiger partial charge in [0, 0.05) is 19.0 Å². The van der Waals surface area contributed by atoms with Gasteiger partial charge in [-0.15, -0.1) is 0 Å². The van der Waals surface area contributed by atoms with Crippen LogP contribution in [0.25, 0.3) is 0 Å². The minimum Gasteiger partial charge on any atom is -0.395 e. The van der Waals surface area contributed by atoms with E-state index in [1.165, 1.54) is 34.8 Å². The van der Waals surface area contributed by atoms with E-state index in [-0.39, 0.29) is 11.8 Å². The largest absolute Gasteiger partial charge is 0.395 e. The summed E-state index contributed by atoms with van der Waals surface area (Å²) in [6.07, 6.45) is 3.01. The molecular formula is C21H20N4OS. The van der Waals surface area contributed by atoms with E-state index < -0.39 is 0 Å². The van der Waals surface area contributed by atoms with E-state index in [2.05, 4.69) is 40.3 Å². The molecule has 1 atom stereocenters. The quantitative estimate of drug-likeness (QED) is 0.559. The van der Waals surface area contributed by atoms with Crippen LogP contribution in [0.5, 0.6) is 0 Å². The van der Waals surface area contributed by atoms with E-state index in [1.807, 2.05) is 29.2 Å². The van der Waals surface area contributed by atoms with Crippen LogP contribution in [-0.4, -0.2) is 33.1 Å². The second kappa shape index (κ2) is 7.80. The topological polar surface area (TPSA) is 72.1 Å². The highest BCUT2D eigenvalue weighted by Crippen LogP contribution is 2.34. The van der Waals surface area contributed by atoms with Crippen molar-refractivity contribution in [3.05, 3.63) is 83.8 Å². The minimum atomic E-state index is 0.0912. The molecule has 6 heteroatoms. The van der Waals surface area contributed by atoms with E-state index in [9.17, 15) is 4.79 Å². The monoisotopic (exact) mass is 376 g/mol. The lowest BCUT2D eigenvalue weighted by atomic mass is 9.85. The maximum Gasteiger partial charge on any atom is 0.233 e. The molecule has 3 aromatic rings. The summed E-state index contributed by atoms with van der Waals surface area (Å²) in [5, 5.41) is 0.648. The summed E-state index contributed by atoms with van der Waals surface area (Å²) in [7, 11) is 0. The summed E-state index contributed by atoms with van der Waals surface area (Å²) < 4.78 is 0. The molecule has 5 nitrogen and oxygen atoms in total. The number of hydrogen-bond acceptors (Lipinski definition) is 5. The van der Waals surface area contributed by atoms with Crippen LogP contribution in [0.4, 0.5) is 5.69 Å². The molecular weight excluding hydrogens is 356 g/mol. The molecule has 136 valence electrons. The predicted octanol–water partition coefficient (Wildman–Crippen LogP) is 3.33. The summed E-state index contributed by atoms with van der Waals surface area (Å²) in [6, 6.07) is 18.8. The van der Waals surface area contributed by atoms with E-state index in [0.29, 0.717) is 29.6 Å². The van der Waals surface area contributed by atoms with Crippen molar-refractivity contribution in [2.75, 3.05) is 18.0 Å². The molecule has 1 aliphatic rings. The second-order valence-electron chi connectivity index (χ2n) is 6.51. The summed E-state index contributed by atoms with van der Waals surface area (Å²) in [5.74, 6) is 0.591. The third-order valence-electron chi connectivity index (χ3n) is 4.78. The van der Waals surface area contributed by atoms with Crippen LogP contribution in [0.3, 0.4) is 0 Å². The number of benzene rings is 2. The fourth-order valence-electron chi connectivity index (χ4n) is 3.44. The summed E-state index contributed by atoms with van der Waals surface area (Å²) in [4.78, 5) is 22.9. The van der Waals surface area contributed by atoms with Crippen LogP contribution in [0.1, 0.15) is 22.6 Å². The van der Waals surface area contributed by atoms with E-state index in [0.717, 1.165) is 0 Å². The Kier molecular flexibility index (Phi) is 5.07. The molecule has 1 unspecified atom stereocenters. The Morgan fingerprint density at radius 1 is 1.15 bits per heavy atom. The molecule has 2 N–H and O–H groups in total. The fraction of sp³-hybridized carbons (Fsp3) is 0.190. The van der Waals surface area contributed by atoms with Crippen LogP contribution in [-0.2, 0) is 11.3 Å². The number of carbonyl (C=O) groups excluding carboxylic acids is 1. The van der Waals surface area contributed by atoms with Gasteiger partial charge >= 0.3 is 0 Å². The number of nitrogens with two attached hydrogens (primary N) is 1. The number of fused-ring (bicyclic) bond motifs is 1. The number of anilines is 1. The van der Waals surface area contributed by atoms with Gasteiger partial charge in [0.15, 0.2) is 0 Å². The lowest BCUT2D eigenvalue weighted by Gasteiger charge is -2.35. The van der Waals surface area contributed by atoms with Gasteiger partial charge in [0.1, 0.15) is 11.4 Å². The van der Waals surface area contributed by atoms with Gasteiger partial charge in [-0.05, 0) is 16.7 Å². The van der Waals surface area contributed by atoms with E-state index in [4.69, 9.17) is 5.73 Å². The first kappa shape index (κ1) is 17.5. The average molecular weight is 376 g/mol. The Morgan fingerprint density at radius 2 is 1.93 bits per heavy atom. The van der Waals surface area contributed by atoms with Crippen molar-refractivity contribution in [3.8, 4) is 0 Å². The van der Waals surface area contributed by atoms with Gasteiger partial charge in [-0.2, -0.15) is 0 Å². The maximum absolute atomic E-state index is 12.9. The highest BCUT2D eigenvalue weighted by molar-refractivity contribution is 8.00. The molecule has 0 fully saturated rings. The number of aromatic nitrogens is 2. The molecule has 0 saturated heterocycles. The first-order chi connectivity index (χ1) is 13.2. The number of rotatable bonds is 4. The van der Waals surface area contributed by atoms with Gasteiger partial charge < -0.3 is 10.6 Å². The molecule has 1 aliphatic heterocycles. The van der Waals surface area contributed by atoms with Gasteiger partial charge in [-0.25, -0.2) is 9.97 Å². The van der Waals surface area contributed by atoms with Crippen molar-refractivity contribution in [2.45, 2.75) is 17.5 Å². The van der Waals surface area contributed by atoms with Crippen molar-refractivity contribution in [1.29, 1.82) is 0 Å². The molecule has 0 aliphatic carbocycles. The molecule has 1 amide bonds. The Bertz CT molecular complexity index is 948. The lowest BCUT2D eigenvalue weighted by Crippen LogP contribution is -2.39. The highest BCUT2D eigenvalue weighted by Gasteiger charge is 2.28. The van der Waals surface area contributed by atoms with Crippen LogP contribution >= 0.6 is 11.8 Å². The smallest absolute Gasteiger partial charge is 0.233 e. The Balaban J connectivity index is 1.54. The van der Waals surface area contributed by atoms with E-state index >= 15 is 0 Å². The van der Waals surface area contributed by atoms with Crippen LogP contribution in [0, 0.1) is 0 Å². The fourth-order valence-corrected chi connectivity index (χ4v) is 4.22. The molecule has 0 radical (unpaired) electrons. The first-order valence-electron chi connectivity index (χ1n) is 8.81. The number of thioether (sulfide) groups is 1. The molecule has 1 aromatic heterocycles. The molecule has 0 saturated carbocycles. The van der Waals surface area contributed by atoms with Gasteiger partial charge in [0.25, 0.3) is 0 Å². The van der Waals surface area contributed by atoms with Gasteiger partial charge in [-0.1, -0.05) is 66.4 Å². The van der Waals surface area contributed by atoms with Crippen molar-refractivity contribution < 1.29 is 4.79 Å². The molecule has 2 aromatic carbocycles. The van der Waals surface area contributed by atoms with Crippen molar-refractivity contribution in [1.82, 2.24) is 14.9 Å². The molecule has 4 rings (SSSR count). The van der Waals surface area contributed by atoms with Gasteiger partial charge in [0.05, 0.1) is 17.6 Å². The van der Waals surface area contributed by atoms with Crippen molar-refractivity contribution in [2.24, 2.45) is 0 Å². The minimum absolute atomic E-state index is 0.0912. The highest BCUT2D eigenvalue weighted by atomic mass is 32.2. The standard InChI is InChI=1S/C21H20N4OS/c22-19-10-23-14-24-21(19)27-13-20(26)25-11-16-8-4-5-9-17(16)18(12-25)15-6-2-1-3-7-15/h1-10,14,18H,11-13,22H2. The molecule has 0 bridgehead atoms. The lowest BCUT2D eigenvalue weighted by molar-refractivity contribution is -0.129. The van der Waals surface area contributed by atoms with Crippen LogP contribution < -0.4 is 5.73 Å². The third kappa shape index (κ3) is 3.80. The molecule has 27 heavy (non-hydrogen) atoms. The SMILES string of the molecule is Nc1cncnc1SCC(=O)N1Cc2ccccc2C(c2ccccc2)C1. The molecule has 0 spiro atoms. The number of hydrogen-bond donors (Lipinski definition) is 1. The zero-order chi connectivity index (χ0) is 18.6. The van der Waals surface area contributed by atoms with Crippen LogP contribution in [0.15, 0.2) is 72.1 Å². The first-order valence-corrected chi connectivity index (χ1v) is 9.79. The summed E-state index contributed by atoms with van der Waals surface area (Å²) in [5.41, 5.74) is 10.1.